The molecule has 0 atom stereocenters. The first-order valence-electron chi connectivity index (χ1n) is 8.95. The fourth-order valence-corrected chi connectivity index (χ4v) is 4.04. The number of halogens is 1. The number of nitrogens with zero attached hydrogens (tertiary/aromatic N) is 1. The van der Waals surface area contributed by atoms with Crippen LogP contribution in [0, 0.1) is 0 Å². The van der Waals surface area contributed by atoms with Gasteiger partial charge < -0.3 is 4.57 Å². The SMILES string of the molecule is ClC1=CC=C(c2ccc3c(c2)c2ccccc2n3-c2ccccc2)CC1. The molecule has 1 heterocycles. The summed E-state index contributed by atoms with van der Waals surface area (Å²) in [5.41, 5.74) is 6.32. The van der Waals surface area contributed by atoms with Crippen LogP contribution in [0.15, 0.2) is 90.0 Å². The topological polar surface area (TPSA) is 4.93 Å². The number of hydrogen-bond donors (Lipinski definition) is 0. The Labute approximate surface area is 157 Å². The highest BCUT2D eigenvalue weighted by Gasteiger charge is 2.14. The summed E-state index contributed by atoms with van der Waals surface area (Å²) in [4.78, 5) is 0. The summed E-state index contributed by atoms with van der Waals surface area (Å²) >= 11 is 6.13. The molecule has 0 saturated carbocycles. The molecule has 2 heteroatoms. The van der Waals surface area contributed by atoms with Crippen molar-refractivity contribution in [1.82, 2.24) is 4.57 Å². The number of allylic oxidation sites excluding steroid dienone is 4. The van der Waals surface area contributed by atoms with Crippen molar-refractivity contribution in [1.29, 1.82) is 0 Å². The fourth-order valence-electron chi connectivity index (χ4n) is 3.88. The summed E-state index contributed by atoms with van der Waals surface area (Å²) in [6.45, 7) is 0. The predicted octanol–water partition coefficient (Wildman–Crippen LogP) is 7.08. The molecule has 1 nitrogen and oxygen atoms in total. The molecule has 0 unspecified atom stereocenters. The third-order valence-electron chi connectivity index (χ3n) is 5.16. The van der Waals surface area contributed by atoms with E-state index in [2.05, 4.69) is 83.4 Å². The van der Waals surface area contributed by atoms with Crippen molar-refractivity contribution in [2.24, 2.45) is 0 Å². The lowest BCUT2D eigenvalue weighted by molar-refractivity contribution is 1.03. The standard InChI is InChI=1S/C24H18ClN/c25-19-13-10-17(11-14-19)18-12-15-24-22(16-18)21-8-4-5-9-23(21)26(24)20-6-2-1-3-7-20/h1-10,12-13,15-16H,11,14H2. The van der Waals surface area contributed by atoms with E-state index in [0.29, 0.717) is 0 Å². The van der Waals surface area contributed by atoms with Gasteiger partial charge >= 0.3 is 0 Å². The van der Waals surface area contributed by atoms with Gasteiger partial charge in [0.05, 0.1) is 11.0 Å². The first-order chi connectivity index (χ1) is 12.8. The van der Waals surface area contributed by atoms with Gasteiger partial charge in [-0.2, -0.15) is 0 Å². The molecule has 4 aromatic rings. The summed E-state index contributed by atoms with van der Waals surface area (Å²) < 4.78 is 2.35. The number of rotatable bonds is 2. The first-order valence-corrected chi connectivity index (χ1v) is 9.33. The summed E-state index contributed by atoms with van der Waals surface area (Å²) in [6.07, 6.45) is 6.11. The van der Waals surface area contributed by atoms with Gasteiger partial charge in [-0.1, -0.05) is 60.1 Å². The van der Waals surface area contributed by atoms with Crippen molar-refractivity contribution in [2.45, 2.75) is 12.8 Å². The Hall–Kier alpha value is -2.77. The highest BCUT2D eigenvalue weighted by Crippen LogP contribution is 2.35. The molecule has 1 aliphatic rings. The Morgan fingerprint density at radius 1 is 0.692 bits per heavy atom. The average Bonchev–Trinajstić information content (AvgIpc) is 3.03. The quantitative estimate of drug-likeness (QED) is 0.362. The van der Waals surface area contributed by atoms with Crippen molar-refractivity contribution in [3.05, 3.63) is 95.5 Å². The Morgan fingerprint density at radius 2 is 1.46 bits per heavy atom. The zero-order valence-electron chi connectivity index (χ0n) is 14.3. The molecular weight excluding hydrogens is 338 g/mol. The Bertz CT molecular complexity index is 1180. The zero-order valence-corrected chi connectivity index (χ0v) is 15.1. The van der Waals surface area contributed by atoms with E-state index in [0.717, 1.165) is 17.9 Å². The van der Waals surface area contributed by atoms with Gasteiger partial charge in [-0.15, -0.1) is 0 Å². The van der Waals surface area contributed by atoms with E-state index >= 15 is 0 Å². The maximum atomic E-state index is 6.13. The number of para-hydroxylation sites is 2. The molecule has 0 N–H and O–H groups in total. The maximum Gasteiger partial charge on any atom is 0.0541 e. The second-order valence-corrected chi connectivity index (χ2v) is 7.21. The van der Waals surface area contributed by atoms with Crippen LogP contribution in [-0.4, -0.2) is 4.57 Å². The molecule has 0 aliphatic heterocycles. The molecular formula is C24H18ClN. The van der Waals surface area contributed by atoms with Crippen LogP contribution in [0.1, 0.15) is 18.4 Å². The van der Waals surface area contributed by atoms with Crippen LogP contribution in [0.3, 0.4) is 0 Å². The van der Waals surface area contributed by atoms with E-state index in [1.807, 2.05) is 6.08 Å². The molecule has 5 rings (SSSR count). The molecule has 26 heavy (non-hydrogen) atoms. The minimum Gasteiger partial charge on any atom is -0.309 e. The first kappa shape index (κ1) is 15.5. The van der Waals surface area contributed by atoms with Gasteiger partial charge in [-0.3, -0.25) is 0 Å². The number of benzene rings is 3. The van der Waals surface area contributed by atoms with Crippen molar-refractivity contribution in [2.75, 3.05) is 0 Å². The summed E-state index contributed by atoms with van der Waals surface area (Å²) in [5.74, 6) is 0. The highest BCUT2D eigenvalue weighted by atomic mass is 35.5. The van der Waals surface area contributed by atoms with Crippen LogP contribution in [0.25, 0.3) is 33.1 Å². The van der Waals surface area contributed by atoms with E-state index in [1.54, 1.807) is 0 Å². The summed E-state index contributed by atoms with van der Waals surface area (Å²) in [6, 6.07) is 26.0. The molecule has 1 aromatic heterocycles. The Morgan fingerprint density at radius 3 is 2.27 bits per heavy atom. The van der Waals surface area contributed by atoms with Gasteiger partial charge in [0.25, 0.3) is 0 Å². The van der Waals surface area contributed by atoms with Crippen LogP contribution >= 0.6 is 11.6 Å². The van der Waals surface area contributed by atoms with E-state index < -0.39 is 0 Å². The van der Waals surface area contributed by atoms with Crippen LogP contribution < -0.4 is 0 Å². The Kier molecular flexibility index (Phi) is 3.69. The molecule has 0 fully saturated rings. The Balaban J connectivity index is 1.79. The van der Waals surface area contributed by atoms with Gasteiger partial charge in [0.1, 0.15) is 0 Å². The molecule has 0 radical (unpaired) electrons. The van der Waals surface area contributed by atoms with Gasteiger partial charge in [-0.25, -0.2) is 0 Å². The smallest absolute Gasteiger partial charge is 0.0541 e. The lowest BCUT2D eigenvalue weighted by Gasteiger charge is -2.12. The second-order valence-electron chi connectivity index (χ2n) is 6.73. The monoisotopic (exact) mass is 355 g/mol. The average molecular weight is 356 g/mol. The third kappa shape index (κ3) is 2.48. The van der Waals surface area contributed by atoms with E-state index in [-0.39, 0.29) is 0 Å². The third-order valence-corrected chi connectivity index (χ3v) is 5.47. The number of hydrogen-bond acceptors (Lipinski definition) is 0. The van der Waals surface area contributed by atoms with E-state index in [1.165, 1.54) is 38.6 Å². The molecule has 0 spiro atoms. The summed E-state index contributed by atoms with van der Waals surface area (Å²) in [5, 5.41) is 3.53. The van der Waals surface area contributed by atoms with Gasteiger partial charge in [0.2, 0.25) is 0 Å². The maximum absolute atomic E-state index is 6.13. The highest BCUT2D eigenvalue weighted by molar-refractivity contribution is 6.30. The van der Waals surface area contributed by atoms with Crippen LogP contribution in [0.5, 0.6) is 0 Å². The molecule has 1 aliphatic carbocycles. The van der Waals surface area contributed by atoms with Crippen molar-refractivity contribution < 1.29 is 0 Å². The van der Waals surface area contributed by atoms with Crippen LogP contribution in [-0.2, 0) is 0 Å². The second kappa shape index (κ2) is 6.19. The molecule has 126 valence electrons. The van der Waals surface area contributed by atoms with Gasteiger partial charge in [0.15, 0.2) is 0 Å². The minimum absolute atomic E-state index is 0.928. The summed E-state index contributed by atoms with van der Waals surface area (Å²) in [7, 11) is 0. The van der Waals surface area contributed by atoms with E-state index in [4.69, 9.17) is 11.6 Å². The molecule has 0 bridgehead atoms. The van der Waals surface area contributed by atoms with Crippen LogP contribution in [0.2, 0.25) is 0 Å². The normalized spacial score (nSPS) is 14.5. The molecule has 0 saturated heterocycles. The molecule has 0 amide bonds. The minimum atomic E-state index is 0.928. The van der Waals surface area contributed by atoms with Crippen molar-refractivity contribution in [3.8, 4) is 5.69 Å². The zero-order chi connectivity index (χ0) is 17.5. The lowest BCUT2D eigenvalue weighted by atomic mass is 9.96. The number of fused-ring (bicyclic) bond motifs is 3. The predicted molar refractivity (Wildman–Crippen MR) is 112 cm³/mol. The fraction of sp³-hybridized carbons (Fsp3) is 0.0833. The van der Waals surface area contributed by atoms with Crippen molar-refractivity contribution in [3.63, 3.8) is 0 Å². The molecule has 3 aromatic carbocycles. The van der Waals surface area contributed by atoms with Crippen molar-refractivity contribution >= 4 is 39.0 Å². The van der Waals surface area contributed by atoms with Crippen LogP contribution in [0.4, 0.5) is 0 Å². The lowest BCUT2D eigenvalue weighted by Crippen LogP contribution is -1.94. The van der Waals surface area contributed by atoms with E-state index in [9.17, 15) is 0 Å². The van der Waals surface area contributed by atoms with Gasteiger partial charge in [0, 0.05) is 21.5 Å². The largest absolute Gasteiger partial charge is 0.309 e. The number of aromatic nitrogens is 1. The van der Waals surface area contributed by atoms with Gasteiger partial charge in [-0.05, 0) is 60.4 Å².